The zero-order valence-electron chi connectivity index (χ0n) is 20.6. The zero-order chi connectivity index (χ0) is 25.2. The summed E-state index contributed by atoms with van der Waals surface area (Å²) in [7, 11) is 7.19. The Morgan fingerprint density at radius 2 is 2.06 bits per heavy atom. The summed E-state index contributed by atoms with van der Waals surface area (Å²) in [5.41, 5.74) is 2.36. The van der Waals surface area contributed by atoms with Crippen LogP contribution in [0.4, 0.5) is 5.82 Å². The van der Waals surface area contributed by atoms with Crippen LogP contribution in [0.15, 0.2) is 66.2 Å². The van der Waals surface area contributed by atoms with E-state index >= 15 is 0 Å². The van der Waals surface area contributed by atoms with Gasteiger partial charge in [0.25, 0.3) is 6.04 Å². The number of aryl methyl sites for hydroxylation is 1. The van der Waals surface area contributed by atoms with Gasteiger partial charge in [-0.3, -0.25) is 10.1 Å². The van der Waals surface area contributed by atoms with Gasteiger partial charge in [0, 0.05) is 28.6 Å². The lowest BCUT2D eigenvalue weighted by molar-refractivity contribution is -0.519. The van der Waals surface area contributed by atoms with Crippen molar-refractivity contribution in [2.45, 2.75) is 24.9 Å². The molecule has 0 bridgehead atoms. The predicted molar refractivity (Wildman–Crippen MR) is 136 cm³/mol. The Labute approximate surface area is 204 Å². The molecule has 0 spiro atoms. The van der Waals surface area contributed by atoms with E-state index < -0.39 is 11.6 Å². The second kappa shape index (κ2) is 9.85. The average Bonchev–Trinajstić information content (AvgIpc) is 3.19. The van der Waals surface area contributed by atoms with E-state index in [2.05, 4.69) is 20.7 Å². The lowest BCUT2D eigenvalue weighted by Crippen LogP contribution is -2.57. The first-order valence-electron chi connectivity index (χ1n) is 11.4. The van der Waals surface area contributed by atoms with E-state index in [1.165, 1.54) is 0 Å². The SMILES string of the molecule is CNC1(CCN(C)C)C=C(OC)C(Nc2cc(-n3nc(C)c4ccccc43)ccn2)=CC1[N+](=O)[O-]. The van der Waals surface area contributed by atoms with Crippen molar-refractivity contribution in [1.82, 2.24) is 25.0 Å². The minimum Gasteiger partial charge on any atom is -0.495 e. The fraction of sp³-hybridized carbons (Fsp3) is 0.360. The maximum absolute atomic E-state index is 12.1. The molecule has 2 heterocycles. The molecule has 0 amide bonds. The Bertz CT molecular complexity index is 1300. The van der Waals surface area contributed by atoms with Gasteiger partial charge in [0.2, 0.25) is 0 Å². The summed E-state index contributed by atoms with van der Waals surface area (Å²) in [5.74, 6) is 1.05. The maximum Gasteiger partial charge on any atom is 0.255 e. The van der Waals surface area contributed by atoms with Gasteiger partial charge in [0.05, 0.1) is 29.7 Å². The second-order valence-electron chi connectivity index (χ2n) is 8.91. The number of nitro groups is 1. The van der Waals surface area contributed by atoms with E-state index in [9.17, 15) is 10.1 Å². The molecule has 0 radical (unpaired) electrons. The van der Waals surface area contributed by atoms with Crippen LogP contribution in [-0.2, 0) is 4.74 Å². The van der Waals surface area contributed by atoms with Gasteiger partial charge in [0.1, 0.15) is 17.1 Å². The van der Waals surface area contributed by atoms with E-state index in [1.54, 1.807) is 32.5 Å². The van der Waals surface area contributed by atoms with Gasteiger partial charge in [-0.1, -0.05) is 18.2 Å². The molecule has 3 aromatic rings. The highest BCUT2D eigenvalue weighted by molar-refractivity contribution is 5.83. The van der Waals surface area contributed by atoms with Gasteiger partial charge >= 0.3 is 0 Å². The fourth-order valence-corrected chi connectivity index (χ4v) is 4.46. The molecule has 0 aliphatic heterocycles. The summed E-state index contributed by atoms with van der Waals surface area (Å²) in [6.45, 7) is 2.65. The Morgan fingerprint density at radius 3 is 2.74 bits per heavy atom. The number of hydrogen-bond donors (Lipinski definition) is 2. The third-order valence-electron chi connectivity index (χ3n) is 6.41. The minimum absolute atomic E-state index is 0.265. The van der Waals surface area contributed by atoms with Crippen molar-refractivity contribution >= 4 is 16.7 Å². The van der Waals surface area contributed by atoms with Gasteiger partial charge < -0.3 is 20.3 Å². The normalized spacial score (nSPS) is 20.0. The highest BCUT2D eigenvalue weighted by Crippen LogP contribution is 2.32. The van der Waals surface area contributed by atoms with Crippen molar-refractivity contribution in [3.05, 3.63) is 82.0 Å². The van der Waals surface area contributed by atoms with Crippen molar-refractivity contribution in [2.24, 2.45) is 0 Å². The molecule has 10 heteroatoms. The predicted octanol–water partition coefficient (Wildman–Crippen LogP) is 3.12. The molecule has 2 N–H and O–H groups in total. The minimum atomic E-state index is -0.991. The number of methoxy groups -OCH3 is 1. The van der Waals surface area contributed by atoms with Crippen molar-refractivity contribution in [1.29, 1.82) is 0 Å². The first kappa shape index (κ1) is 24.4. The molecule has 1 aliphatic carbocycles. The van der Waals surface area contributed by atoms with Crippen LogP contribution in [0.25, 0.3) is 16.6 Å². The van der Waals surface area contributed by atoms with Gasteiger partial charge in [-0.05, 0) is 59.2 Å². The zero-order valence-corrected chi connectivity index (χ0v) is 20.6. The van der Waals surface area contributed by atoms with Crippen molar-refractivity contribution < 1.29 is 9.66 Å². The van der Waals surface area contributed by atoms with E-state index in [0.29, 0.717) is 30.2 Å². The van der Waals surface area contributed by atoms with E-state index in [1.807, 2.05) is 67.0 Å². The van der Waals surface area contributed by atoms with E-state index in [4.69, 9.17) is 4.74 Å². The molecule has 2 aromatic heterocycles. The Balaban J connectivity index is 1.69. The number of anilines is 1. The van der Waals surface area contributed by atoms with Crippen LogP contribution >= 0.6 is 0 Å². The molecule has 2 atom stereocenters. The highest BCUT2D eigenvalue weighted by atomic mass is 16.6. The van der Waals surface area contributed by atoms with Gasteiger partial charge in [0.15, 0.2) is 0 Å². The number of aromatic nitrogens is 3. The molecule has 0 saturated heterocycles. The van der Waals surface area contributed by atoms with Crippen LogP contribution in [0.1, 0.15) is 12.1 Å². The molecule has 4 rings (SSSR count). The highest BCUT2D eigenvalue weighted by Gasteiger charge is 2.46. The van der Waals surface area contributed by atoms with E-state index in [0.717, 1.165) is 22.3 Å². The van der Waals surface area contributed by atoms with Crippen molar-refractivity contribution in [3.8, 4) is 5.69 Å². The van der Waals surface area contributed by atoms with Crippen LogP contribution in [0, 0.1) is 17.0 Å². The van der Waals surface area contributed by atoms with Gasteiger partial charge in [-0.15, -0.1) is 0 Å². The molecule has 1 aliphatic rings. The molecular weight excluding hydrogens is 446 g/mol. The van der Waals surface area contributed by atoms with Crippen LogP contribution < -0.4 is 10.6 Å². The molecule has 2 unspecified atom stereocenters. The number of para-hydroxylation sites is 1. The summed E-state index contributed by atoms with van der Waals surface area (Å²) in [5, 5.41) is 24.3. The number of ether oxygens (including phenoxy) is 1. The number of rotatable bonds is 9. The lowest BCUT2D eigenvalue weighted by atomic mass is 9.81. The van der Waals surface area contributed by atoms with Crippen molar-refractivity contribution in [3.63, 3.8) is 0 Å². The van der Waals surface area contributed by atoms with Gasteiger partial charge in [-0.25, -0.2) is 9.67 Å². The summed E-state index contributed by atoms with van der Waals surface area (Å²) >= 11 is 0. The second-order valence-corrected chi connectivity index (χ2v) is 8.91. The number of hydrogen-bond acceptors (Lipinski definition) is 8. The van der Waals surface area contributed by atoms with Crippen LogP contribution in [0.2, 0.25) is 0 Å². The van der Waals surface area contributed by atoms with Crippen LogP contribution in [0.5, 0.6) is 0 Å². The molecule has 10 nitrogen and oxygen atoms in total. The molecule has 0 fully saturated rings. The summed E-state index contributed by atoms with van der Waals surface area (Å²) < 4.78 is 7.52. The molecule has 184 valence electrons. The summed E-state index contributed by atoms with van der Waals surface area (Å²) in [6, 6.07) is 10.8. The molecular formula is C25H31N7O3. The lowest BCUT2D eigenvalue weighted by Gasteiger charge is -2.36. The van der Waals surface area contributed by atoms with Crippen molar-refractivity contribution in [2.75, 3.05) is 40.1 Å². The van der Waals surface area contributed by atoms with Gasteiger partial charge in [-0.2, -0.15) is 5.10 Å². The Hall–Kier alpha value is -3.76. The number of nitrogens with zero attached hydrogens (tertiary/aromatic N) is 5. The largest absolute Gasteiger partial charge is 0.495 e. The quantitative estimate of drug-likeness (QED) is 0.357. The fourth-order valence-electron chi connectivity index (χ4n) is 4.46. The number of benzene rings is 1. The Kier molecular flexibility index (Phi) is 6.86. The summed E-state index contributed by atoms with van der Waals surface area (Å²) in [4.78, 5) is 18.3. The number of fused-ring (bicyclic) bond motifs is 1. The molecule has 0 saturated carbocycles. The molecule has 1 aromatic carbocycles. The Morgan fingerprint density at radius 1 is 1.29 bits per heavy atom. The standard InChI is InChI=1S/C25H31N7O3/c1-17-19-8-6-7-9-21(19)31(29-17)18-10-12-27-24(14-18)28-20-15-23(32(33)34)25(26-2,11-13-30(3)4)16-22(20)35-5/h6-10,12,14-16,23,26H,11,13H2,1-5H3,(H,27,28). The maximum atomic E-state index is 12.1. The monoisotopic (exact) mass is 477 g/mol. The summed E-state index contributed by atoms with van der Waals surface area (Å²) in [6.07, 6.45) is 5.63. The van der Waals surface area contributed by atoms with E-state index in [-0.39, 0.29) is 4.92 Å². The average molecular weight is 478 g/mol. The third kappa shape index (κ3) is 4.75. The number of nitrogens with one attached hydrogen (secondary N) is 2. The molecule has 35 heavy (non-hydrogen) atoms. The topological polar surface area (TPSA) is 110 Å². The van der Waals surface area contributed by atoms with Crippen LogP contribution in [0.3, 0.4) is 0 Å². The van der Waals surface area contributed by atoms with Crippen LogP contribution in [-0.4, -0.2) is 71.0 Å². The first-order valence-corrected chi connectivity index (χ1v) is 11.4. The first-order chi connectivity index (χ1) is 16.8. The number of pyridine rings is 1. The smallest absolute Gasteiger partial charge is 0.255 e. The number of likely N-dealkylation sites (N-methyl/N-ethyl adjacent to an activating group) is 1. The third-order valence-corrected chi connectivity index (χ3v) is 6.41.